The van der Waals surface area contributed by atoms with Gasteiger partial charge in [0.15, 0.2) is 5.17 Å². The highest BCUT2D eigenvalue weighted by atomic mass is 32.2. The molecule has 4 N–H and O–H groups in total. The Morgan fingerprint density at radius 2 is 1.63 bits per heavy atom. The summed E-state index contributed by atoms with van der Waals surface area (Å²) in [7, 11) is 0. The Bertz CT molecular complexity index is 831. The lowest BCUT2D eigenvalue weighted by atomic mass is 9.81. The summed E-state index contributed by atoms with van der Waals surface area (Å²) in [6, 6.07) is 18.3. The van der Waals surface area contributed by atoms with Crippen LogP contribution < -0.4 is 10.6 Å². The zero-order valence-corrected chi connectivity index (χ0v) is 15.3. The third-order valence-corrected chi connectivity index (χ3v) is 6.20. The maximum absolute atomic E-state index is 12.8. The Hall–Kier alpha value is -2.35. The van der Waals surface area contributed by atoms with Gasteiger partial charge in [-0.25, -0.2) is 0 Å². The second-order valence-corrected chi connectivity index (χ2v) is 7.92. The van der Waals surface area contributed by atoms with Gasteiger partial charge in [0.1, 0.15) is 6.10 Å². The Morgan fingerprint density at radius 1 is 1.00 bits per heavy atom. The number of amidine groups is 1. The van der Waals surface area contributed by atoms with Gasteiger partial charge < -0.3 is 20.8 Å². The molecule has 4 rings (SSSR count). The van der Waals surface area contributed by atoms with Gasteiger partial charge in [-0.3, -0.25) is 9.79 Å². The van der Waals surface area contributed by atoms with Crippen LogP contribution in [-0.2, 0) is 4.79 Å². The average Bonchev–Trinajstić information content (AvgIpc) is 3.10. The molecule has 1 aliphatic heterocycles. The van der Waals surface area contributed by atoms with E-state index in [1.54, 1.807) is 0 Å². The number of rotatable bonds is 3. The summed E-state index contributed by atoms with van der Waals surface area (Å²) in [6.45, 7) is 0. The molecule has 0 bridgehead atoms. The first-order valence-corrected chi connectivity index (χ1v) is 9.78. The summed E-state index contributed by atoms with van der Waals surface area (Å²) in [5, 5.41) is 27.2. The zero-order valence-electron chi connectivity index (χ0n) is 14.5. The third-order valence-electron chi connectivity index (χ3n) is 4.89. The Labute approximate surface area is 161 Å². The molecule has 0 unspecified atom stereocenters. The number of hydrogen-bond donors (Lipinski definition) is 4. The van der Waals surface area contributed by atoms with E-state index in [1.165, 1.54) is 11.8 Å². The number of anilines is 2. The minimum absolute atomic E-state index is 0.161. The molecule has 2 aromatic rings. The zero-order chi connectivity index (χ0) is 18.8. The molecule has 1 saturated carbocycles. The van der Waals surface area contributed by atoms with Gasteiger partial charge in [0.25, 0.3) is 0 Å². The number of fused-ring (bicyclic) bond motifs is 1. The fourth-order valence-electron chi connectivity index (χ4n) is 3.51. The van der Waals surface area contributed by atoms with Crippen LogP contribution in [0, 0.1) is 5.92 Å². The van der Waals surface area contributed by atoms with E-state index in [4.69, 9.17) is 0 Å². The summed E-state index contributed by atoms with van der Waals surface area (Å²) in [6.07, 6.45) is -1.74. The van der Waals surface area contributed by atoms with Crippen LogP contribution in [0.15, 0.2) is 65.7 Å². The van der Waals surface area contributed by atoms with E-state index in [9.17, 15) is 15.0 Å². The van der Waals surface area contributed by atoms with Gasteiger partial charge >= 0.3 is 0 Å². The van der Waals surface area contributed by atoms with Crippen molar-refractivity contribution >= 4 is 34.2 Å². The molecular formula is C20H21N3O3S. The van der Waals surface area contributed by atoms with E-state index in [-0.39, 0.29) is 17.6 Å². The minimum atomic E-state index is -0.974. The largest absolute Gasteiger partial charge is 0.390 e. The van der Waals surface area contributed by atoms with Crippen molar-refractivity contribution in [3.05, 3.63) is 60.7 Å². The molecule has 1 aliphatic carbocycles. The standard InChI is InChI=1S/C20H21N3O3S/c24-15-11-14(19(26)21-12-7-3-1-4-8-12)18-16(17(15)25)23-20(27-18)22-13-9-5-2-6-10-13/h1-10,14-18,24-25H,11H2,(H,21,26)(H,22,23)/t14-,15+,16-,17-,18+/m0/s1. The predicted molar refractivity (Wildman–Crippen MR) is 108 cm³/mol. The topological polar surface area (TPSA) is 94.0 Å². The first-order valence-electron chi connectivity index (χ1n) is 8.90. The second kappa shape index (κ2) is 7.72. The Balaban J connectivity index is 1.51. The van der Waals surface area contributed by atoms with Gasteiger partial charge in [0, 0.05) is 16.6 Å². The van der Waals surface area contributed by atoms with E-state index < -0.39 is 24.2 Å². The molecule has 1 fully saturated rings. The van der Waals surface area contributed by atoms with Gasteiger partial charge in [-0.15, -0.1) is 0 Å². The van der Waals surface area contributed by atoms with Crippen molar-refractivity contribution in [2.45, 2.75) is 29.9 Å². The Morgan fingerprint density at radius 3 is 2.30 bits per heavy atom. The molecule has 0 aromatic heterocycles. The number of carbonyl (C=O) groups is 1. The van der Waals surface area contributed by atoms with Crippen LogP contribution in [0.3, 0.4) is 0 Å². The van der Waals surface area contributed by atoms with E-state index in [0.29, 0.717) is 10.9 Å². The van der Waals surface area contributed by atoms with Crippen molar-refractivity contribution < 1.29 is 15.0 Å². The summed E-state index contributed by atoms with van der Waals surface area (Å²) in [4.78, 5) is 17.4. The van der Waals surface area contributed by atoms with Gasteiger partial charge in [-0.2, -0.15) is 0 Å². The van der Waals surface area contributed by atoms with Crippen LogP contribution in [0.25, 0.3) is 0 Å². The van der Waals surface area contributed by atoms with Crippen LogP contribution in [0.4, 0.5) is 11.4 Å². The van der Waals surface area contributed by atoms with Crippen LogP contribution in [-0.4, -0.2) is 44.8 Å². The van der Waals surface area contributed by atoms with Gasteiger partial charge in [-0.05, 0) is 30.7 Å². The van der Waals surface area contributed by atoms with Crippen molar-refractivity contribution in [3.8, 4) is 0 Å². The maximum atomic E-state index is 12.8. The van der Waals surface area contributed by atoms with E-state index in [1.807, 2.05) is 60.7 Å². The number of benzene rings is 2. The SMILES string of the molecule is O=C(Nc1ccccc1)[C@H]1C[C@@H](O)[C@H](O)[C@@H]2N=C(Nc3ccccc3)S[C@@H]21. The quantitative estimate of drug-likeness (QED) is 0.653. The van der Waals surface area contributed by atoms with E-state index in [0.717, 1.165) is 5.69 Å². The molecule has 0 saturated heterocycles. The lowest BCUT2D eigenvalue weighted by Gasteiger charge is -2.37. The molecular weight excluding hydrogens is 362 g/mol. The lowest BCUT2D eigenvalue weighted by Crippen LogP contribution is -2.52. The molecule has 27 heavy (non-hydrogen) atoms. The van der Waals surface area contributed by atoms with Crippen molar-refractivity contribution in [1.82, 2.24) is 0 Å². The number of carbonyl (C=O) groups excluding carboxylic acids is 1. The number of para-hydroxylation sites is 2. The van der Waals surface area contributed by atoms with E-state index >= 15 is 0 Å². The first-order chi connectivity index (χ1) is 13.1. The first kappa shape index (κ1) is 18.0. The smallest absolute Gasteiger partial charge is 0.228 e. The molecule has 2 aliphatic rings. The summed E-state index contributed by atoms with van der Waals surface area (Å²) >= 11 is 1.45. The lowest BCUT2D eigenvalue weighted by molar-refractivity contribution is -0.124. The monoisotopic (exact) mass is 383 g/mol. The van der Waals surface area contributed by atoms with Gasteiger partial charge in [0.2, 0.25) is 5.91 Å². The molecule has 1 heterocycles. The number of hydrogen-bond acceptors (Lipinski definition) is 6. The van der Waals surface area contributed by atoms with Crippen LogP contribution >= 0.6 is 11.8 Å². The van der Waals surface area contributed by atoms with Crippen molar-refractivity contribution in [1.29, 1.82) is 0 Å². The van der Waals surface area contributed by atoms with Crippen molar-refractivity contribution in [2.75, 3.05) is 10.6 Å². The predicted octanol–water partition coefficient (Wildman–Crippen LogP) is 2.32. The summed E-state index contributed by atoms with van der Waals surface area (Å²) in [5.41, 5.74) is 1.61. The van der Waals surface area contributed by atoms with Gasteiger partial charge in [-0.1, -0.05) is 48.2 Å². The number of aliphatic hydroxyl groups excluding tert-OH is 2. The number of nitrogens with one attached hydrogen (secondary N) is 2. The number of aliphatic imine (C=N–C) groups is 1. The number of aliphatic hydroxyl groups is 2. The second-order valence-electron chi connectivity index (χ2n) is 6.75. The van der Waals surface area contributed by atoms with Crippen molar-refractivity contribution in [3.63, 3.8) is 0 Å². The maximum Gasteiger partial charge on any atom is 0.228 e. The van der Waals surface area contributed by atoms with E-state index in [2.05, 4.69) is 15.6 Å². The molecule has 5 atom stereocenters. The minimum Gasteiger partial charge on any atom is -0.390 e. The fraction of sp³-hybridized carbons (Fsp3) is 0.300. The highest BCUT2D eigenvalue weighted by Gasteiger charge is 2.50. The van der Waals surface area contributed by atoms with Crippen molar-refractivity contribution in [2.24, 2.45) is 10.9 Å². The molecule has 140 valence electrons. The third kappa shape index (κ3) is 3.85. The molecule has 0 spiro atoms. The molecule has 1 amide bonds. The van der Waals surface area contributed by atoms with Crippen LogP contribution in [0.1, 0.15) is 6.42 Å². The van der Waals surface area contributed by atoms with Gasteiger partial charge in [0.05, 0.1) is 18.1 Å². The Kier molecular flexibility index (Phi) is 5.15. The number of amides is 1. The van der Waals surface area contributed by atoms with Crippen LogP contribution in [0.2, 0.25) is 0 Å². The molecule has 7 heteroatoms. The molecule has 2 aromatic carbocycles. The van der Waals surface area contributed by atoms with Crippen LogP contribution in [0.5, 0.6) is 0 Å². The summed E-state index contributed by atoms with van der Waals surface area (Å²) < 4.78 is 0. The number of nitrogens with zero attached hydrogens (tertiary/aromatic N) is 1. The fourth-order valence-corrected chi connectivity index (χ4v) is 4.89. The highest BCUT2D eigenvalue weighted by molar-refractivity contribution is 8.15. The average molecular weight is 383 g/mol. The molecule has 0 radical (unpaired) electrons. The normalized spacial score (nSPS) is 29.6. The summed E-state index contributed by atoms with van der Waals surface area (Å²) in [5.74, 6) is -0.608. The highest BCUT2D eigenvalue weighted by Crippen LogP contribution is 2.41. The molecule has 6 nitrogen and oxygen atoms in total. The number of thioether (sulfide) groups is 1.